The van der Waals surface area contributed by atoms with E-state index < -0.39 is 23.2 Å². The van der Waals surface area contributed by atoms with Crippen LogP contribution in [0.15, 0.2) is 39.5 Å². The number of terminal acetylenes is 1. The number of halogens is 2. The van der Waals surface area contributed by atoms with Crippen molar-refractivity contribution in [3.63, 3.8) is 0 Å². The van der Waals surface area contributed by atoms with Crippen LogP contribution in [-0.2, 0) is 0 Å². The van der Waals surface area contributed by atoms with Crippen molar-refractivity contribution in [3.8, 4) is 35.4 Å². The highest BCUT2D eigenvalue weighted by Gasteiger charge is 2.49. The first kappa shape index (κ1) is 27.3. The van der Waals surface area contributed by atoms with Gasteiger partial charge in [0.2, 0.25) is 0 Å². The van der Waals surface area contributed by atoms with E-state index in [1.807, 2.05) is 0 Å². The van der Waals surface area contributed by atoms with Gasteiger partial charge in [0, 0.05) is 55.2 Å². The minimum absolute atomic E-state index is 0.00737. The van der Waals surface area contributed by atoms with E-state index in [9.17, 15) is 18.7 Å². The lowest BCUT2D eigenvalue weighted by atomic mass is 9.95. The second-order valence-electron chi connectivity index (χ2n) is 12.6. The molecule has 2 aromatic heterocycles. The summed E-state index contributed by atoms with van der Waals surface area (Å²) in [7, 11) is 0. The standard InChI is InChI=1S/C33H31F2N5O4/c1-2-23-25(35)7-4-18-10-22(41)11-24(28(18)23)27-12-26-29(31(42)44-27)30(39-15-20-5-6-21(16-39)36-20)38-32(37-26)43-17-33-8-3-9-40(33)14-19(34)13-33/h1,4,7,10-12,19-21,36,41H,3,5-6,8-9,13-17H2/t19-,20?,21?,33+/m1/s1. The molecular weight excluding hydrogens is 568 g/mol. The molecule has 44 heavy (non-hydrogen) atoms. The third-order valence-electron chi connectivity index (χ3n) is 9.78. The fourth-order valence-corrected chi connectivity index (χ4v) is 7.85. The maximum absolute atomic E-state index is 14.8. The van der Waals surface area contributed by atoms with Crippen molar-refractivity contribution in [2.75, 3.05) is 37.7 Å². The van der Waals surface area contributed by atoms with Crippen LogP contribution >= 0.6 is 0 Å². The molecule has 8 rings (SSSR count). The van der Waals surface area contributed by atoms with Gasteiger partial charge in [0.05, 0.1) is 16.6 Å². The Balaban J connectivity index is 1.28. The number of ether oxygens (including phenoxy) is 1. The number of nitrogens with zero attached hydrogens (tertiary/aromatic N) is 4. The number of hydrogen-bond acceptors (Lipinski definition) is 9. The highest BCUT2D eigenvalue weighted by atomic mass is 19.1. The van der Waals surface area contributed by atoms with Gasteiger partial charge in [0.1, 0.15) is 35.5 Å². The minimum atomic E-state index is -0.898. The van der Waals surface area contributed by atoms with Gasteiger partial charge >= 0.3 is 11.6 Å². The number of rotatable bonds is 5. The van der Waals surface area contributed by atoms with Crippen molar-refractivity contribution in [2.45, 2.75) is 55.9 Å². The van der Waals surface area contributed by atoms with Crippen molar-refractivity contribution in [1.82, 2.24) is 20.2 Å². The van der Waals surface area contributed by atoms with Gasteiger partial charge in [-0.05, 0) is 55.8 Å². The van der Waals surface area contributed by atoms with Gasteiger partial charge < -0.3 is 24.5 Å². The van der Waals surface area contributed by atoms with Crippen LogP contribution in [0.25, 0.3) is 33.0 Å². The molecule has 4 fully saturated rings. The highest BCUT2D eigenvalue weighted by Crippen LogP contribution is 2.41. The number of benzene rings is 2. The summed E-state index contributed by atoms with van der Waals surface area (Å²) in [6.45, 7) is 2.79. The van der Waals surface area contributed by atoms with E-state index in [0.29, 0.717) is 42.6 Å². The summed E-state index contributed by atoms with van der Waals surface area (Å²) in [5, 5.41) is 15.1. The number of aromatic nitrogens is 2. The summed E-state index contributed by atoms with van der Waals surface area (Å²) in [5.41, 5.74) is -0.533. The van der Waals surface area contributed by atoms with Gasteiger partial charge in [0.15, 0.2) is 5.82 Å². The number of aromatic hydroxyl groups is 1. The van der Waals surface area contributed by atoms with E-state index in [0.717, 1.165) is 32.2 Å². The van der Waals surface area contributed by atoms with Gasteiger partial charge in [0.25, 0.3) is 0 Å². The Labute approximate surface area is 251 Å². The summed E-state index contributed by atoms with van der Waals surface area (Å²) in [6, 6.07) is 7.83. The first-order valence-corrected chi connectivity index (χ1v) is 15.1. The normalized spacial score (nSPS) is 26.4. The van der Waals surface area contributed by atoms with Crippen LogP contribution < -0.4 is 20.6 Å². The van der Waals surface area contributed by atoms with Crippen molar-refractivity contribution >= 4 is 27.5 Å². The molecule has 0 radical (unpaired) electrons. The van der Waals surface area contributed by atoms with E-state index >= 15 is 0 Å². The Hall–Kier alpha value is -4.27. The Kier molecular flexibility index (Phi) is 6.29. The number of phenols is 1. The Bertz CT molecular complexity index is 1910. The number of alkyl halides is 1. The molecule has 0 saturated carbocycles. The van der Waals surface area contributed by atoms with E-state index in [2.05, 4.69) is 26.0 Å². The van der Waals surface area contributed by atoms with Crippen LogP contribution in [0.2, 0.25) is 0 Å². The molecule has 6 heterocycles. The van der Waals surface area contributed by atoms with Gasteiger partial charge in [-0.2, -0.15) is 9.97 Å². The van der Waals surface area contributed by atoms with E-state index in [1.165, 1.54) is 24.3 Å². The summed E-state index contributed by atoms with van der Waals surface area (Å²) in [6.07, 6.45) is 9.07. The Morgan fingerprint density at radius 1 is 1.16 bits per heavy atom. The van der Waals surface area contributed by atoms with E-state index in [-0.39, 0.29) is 58.2 Å². The number of phenolic OH excluding ortho intramolecular Hbond substituents is 1. The molecule has 9 nitrogen and oxygen atoms in total. The molecule has 0 spiro atoms. The maximum atomic E-state index is 14.8. The zero-order valence-electron chi connectivity index (χ0n) is 24.0. The lowest BCUT2D eigenvalue weighted by molar-refractivity contribution is 0.107. The molecule has 2 N–H and O–H groups in total. The highest BCUT2D eigenvalue weighted by molar-refractivity contribution is 6.02. The first-order chi connectivity index (χ1) is 21.3. The largest absolute Gasteiger partial charge is 0.508 e. The van der Waals surface area contributed by atoms with Gasteiger partial charge in [-0.15, -0.1) is 6.42 Å². The summed E-state index contributed by atoms with van der Waals surface area (Å²) in [5.74, 6) is 2.18. The van der Waals surface area contributed by atoms with Crippen LogP contribution in [0.4, 0.5) is 14.6 Å². The lowest BCUT2D eigenvalue weighted by Crippen LogP contribution is -2.51. The molecule has 226 valence electrons. The molecule has 0 aliphatic carbocycles. The molecule has 4 atom stereocenters. The molecule has 4 aliphatic rings. The summed E-state index contributed by atoms with van der Waals surface area (Å²) < 4.78 is 41.3. The van der Waals surface area contributed by atoms with Crippen LogP contribution in [-0.4, -0.2) is 76.6 Å². The Morgan fingerprint density at radius 2 is 1.98 bits per heavy atom. The van der Waals surface area contributed by atoms with Crippen LogP contribution in [0.1, 0.15) is 37.7 Å². The zero-order valence-corrected chi connectivity index (χ0v) is 24.0. The van der Waals surface area contributed by atoms with Crippen LogP contribution in [0, 0.1) is 18.2 Å². The molecule has 4 saturated heterocycles. The van der Waals surface area contributed by atoms with Gasteiger partial charge in [-0.25, -0.2) is 13.6 Å². The monoisotopic (exact) mass is 599 g/mol. The molecule has 4 aliphatic heterocycles. The molecule has 11 heteroatoms. The predicted molar refractivity (Wildman–Crippen MR) is 161 cm³/mol. The number of nitrogens with one attached hydrogen (secondary N) is 1. The molecule has 2 bridgehead atoms. The maximum Gasteiger partial charge on any atom is 0.349 e. The molecular formula is C33H31F2N5O4. The molecule has 2 aromatic carbocycles. The quantitative estimate of drug-likeness (QED) is 0.328. The van der Waals surface area contributed by atoms with Crippen molar-refractivity contribution in [2.24, 2.45) is 0 Å². The fraction of sp³-hybridized carbons (Fsp3) is 0.424. The summed E-state index contributed by atoms with van der Waals surface area (Å²) >= 11 is 0. The molecule has 2 unspecified atom stereocenters. The second-order valence-corrected chi connectivity index (χ2v) is 12.6. The van der Waals surface area contributed by atoms with Crippen LogP contribution in [0.3, 0.4) is 0 Å². The van der Waals surface area contributed by atoms with Gasteiger partial charge in [-0.3, -0.25) is 4.90 Å². The third-order valence-corrected chi connectivity index (χ3v) is 9.78. The number of anilines is 1. The molecule has 4 aromatic rings. The summed E-state index contributed by atoms with van der Waals surface area (Å²) in [4.78, 5) is 27.4. The van der Waals surface area contributed by atoms with Crippen LogP contribution in [0.5, 0.6) is 11.8 Å². The van der Waals surface area contributed by atoms with Gasteiger partial charge in [-0.1, -0.05) is 12.0 Å². The SMILES string of the molecule is C#Cc1c(F)ccc2cc(O)cc(-c3cc4nc(OC[C@@]56CCCN5C[C@H](F)C6)nc(N5CC6CCC(C5)N6)c4c(=O)o3)c12. The van der Waals surface area contributed by atoms with E-state index in [4.69, 9.17) is 20.6 Å². The zero-order chi connectivity index (χ0) is 30.2. The topological polar surface area (TPSA) is 104 Å². The Morgan fingerprint density at radius 3 is 2.77 bits per heavy atom. The number of fused-ring (bicyclic) bond motifs is 5. The smallest absolute Gasteiger partial charge is 0.349 e. The second kappa shape index (κ2) is 10.1. The van der Waals surface area contributed by atoms with E-state index in [1.54, 1.807) is 6.07 Å². The average molecular weight is 600 g/mol. The van der Waals surface area contributed by atoms with Crippen molar-refractivity contribution in [3.05, 3.63) is 52.1 Å². The van der Waals surface area contributed by atoms with Crippen molar-refractivity contribution in [1.29, 1.82) is 0 Å². The average Bonchev–Trinajstić information content (AvgIpc) is 3.65. The third kappa shape index (κ3) is 4.39. The molecule has 0 amide bonds. The number of hydrogen-bond donors (Lipinski definition) is 2. The lowest BCUT2D eigenvalue weighted by Gasteiger charge is -2.34. The predicted octanol–water partition coefficient (Wildman–Crippen LogP) is 4.13. The number of piperazine rings is 1. The fourth-order valence-electron chi connectivity index (χ4n) is 7.85. The minimum Gasteiger partial charge on any atom is -0.508 e. The van der Waals surface area contributed by atoms with Crippen molar-refractivity contribution < 1.29 is 23.0 Å². The first-order valence-electron chi connectivity index (χ1n) is 15.1.